The normalized spacial score (nSPS) is 10.8. The maximum Gasteiger partial charge on any atom is 0.110 e. The largest absolute Gasteiger partial charge is 0.390 e. The van der Waals surface area contributed by atoms with Crippen molar-refractivity contribution in [1.82, 2.24) is 9.55 Å². The second-order valence-electron chi connectivity index (χ2n) is 2.70. The van der Waals surface area contributed by atoms with Gasteiger partial charge in [-0.15, -0.1) is 0 Å². The fourth-order valence-corrected chi connectivity index (χ4v) is 1.38. The molecule has 4 N–H and O–H groups in total. The standard InChI is InChI=1S/C8H15N3O2/c1-2-8-10-6(3-12)7(4-13)11(8)5-9/h12-13H,2-5,9H2,1H3. The van der Waals surface area contributed by atoms with Gasteiger partial charge in [-0.1, -0.05) is 6.92 Å². The summed E-state index contributed by atoms with van der Waals surface area (Å²) in [6.45, 7) is 1.94. The van der Waals surface area contributed by atoms with Gasteiger partial charge in [-0.3, -0.25) is 0 Å². The van der Waals surface area contributed by atoms with Crippen LogP contribution in [-0.2, 0) is 26.3 Å². The van der Waals surface area contributed by atoms with Crippen molar-refractivity contribution in [3.63, 3.8) is 0 Å². The topological polar surface area (TPSA) is 84.3 Å². The third kappa shape index (κ3) is 1.72. The predicted octanol–water partition coefficient (Wildman–Crippen LogP) is -0.654. The van der Waals surface area contributed by atoms with Crippen LogP contribution in [0.1, 0.15) is 24.1 Å². The highest BCUT2D eigenvalue weighted by molar-refractivity contribution is 5.16. The Morgan fingerprint density at radius 2 is 2.08 bits per heavy atom. The van der Waals surface area contributed by atoms with E-state index >= 15 is 0 Å². The summed E-state index contributed by atoms with van der Waals surface area (Å²) in [7, 11) is 0. The molecule has 0 aromatic carbocycles. The lowest BCUT2D eigenvalue weighted by Gasteiger charge is -2.05. The van der Waals surface area contributed by atoms with Gasteiger partial charge in [0, 0.05) is 6.42 Å². The number of aryl methyl sites for hydroxylation is 1. The lowest BCUT2D eigenvalue weighted by Crippen LogP contribution is -2.13. The second kappa shape index (κ2) is 4.36. The van der Waals surface area contributed by atoms with Crippen LogP contribution >= 0.6 is 0 Å². The zero-order valence-corrected chi connectivity index (χ0v) is 7.69. The van der Waals surface area contributed by atoms with Crippen LogP contribution in [-0.4, -0.2) is 19.8 Å². The Labute approximate surface area is 76.8 Å². The van der Waals surface area contributed by atoms with Crippen molar-refractivity contribution in [2.75, 3.05) is 0 Å². The van der Waals surface area contributed by atoms with Crippen molar-refractivity contribution in [2.24, 2.45) is 5.73 Å². The Morgan fingerprint density at radius 1 is 1.38 bits per heavy atom. The highest BCUT2D eigenvalue weighted by atomic mass is 16.3. The molecule has 1 rings (SSSR count). The van der Waals surface area contributed by atoms with Crippen LogP contribution in [0.15, 0.2) is 0 Å². The van der Waals surface area contributed by atoms with Crippen molar-refractivity contribution in [2.45, 2.75) is 33.2 Å². The summed E-state index contributed by atoms with van der Waals surface area (Å²) in [5.41, 5.74) is 6.63. The van der Waals surface area contributed by atoms with E-state index in [9.17, 15) is 0 Å². The van der Waals surface area contributed by atoms with E-state index in [1.165, 1.54) is 0 Å². The van der Waals surface area contributed by atoms with Crippen LogP contribution in [0, 0.1) is 0 Å². The molecule has 0 saturated carbocycles. The molecule has 5 heteroatoms. The minimum atomic E-state index is -0.157. The number of nitrogens with two attached hydrogens (primary N) is 1. The Bertz CT molecular complexity index is 257. The summed E-state index contributed by atoms with van der Waals surface area (Å²) < 4.78 is 1.73. The molecule has 0 aliphatic heterocycles. The minimum Gasteiger partial charge on any atom is -0.390 e. The smallest absolute Gasteiger partial charge is 0.110 e. The third-order valence-electron chi connectivity index (χ3n) is 2.03. The number of rotatable bonds is 4. The zero-order valence-electron chi connectivity index (χ0n) is 7.69. The van der Waals surface area contributed by atoms with Crippen LogP contribution in [0.3, 0.4) is 0 Å². The predicted molar refractivity (Wildman–Crippen MR) is 47.6 cm³/mol. The SMILES string of the molecule is CCc1nc(CO)c(CO)n1CN. The number of aliphatic hydroxyl groups is 2. The molecule has 1 aromatic rings. The first-order chi connectivity index (χ1) is 6.28. The Balaban J connectivity index is 3.17. The van der Waals surface area contributed by atoms with Crippen LogP contribution in [0.2, 0.25) is 0 Å². The number of aliphatic hydroxyl groups excluding tert-OH is 2. The first kappa shape index (κ1) is 10.2. The number of hydrogen-bond acceptors (Lipinski definition) is 4. The van der Waals surface area contributed by atoms with E-state index in [1.807, 2.05) is 6.92 Å². The maximum absolute atomic E-state index is 9.04. The van der Waals surface area contributed by atoms with Gasteiger partial charge in [-0.05, 0) is 0 Å². The van der Waals surface area contributed by atoms with Gasteiger partial charge in [-0.25, -0.2) is 4.98 Å². The molecule has 1 heterocycles. The van der Waals surface area contributed by atoms with Gasteiger partial charge >= 0.3 is 0 Å². The van der Waals surface area contributed by atoms with Crippen molar-refractivity contribution < 1.29 is 10.2 Å². The molecular formula is C8H15N3O2. The van der Waals surface area contributed by atoms with Gasteiger partial charge in [0.25, 0.3) is 0 Å². The van der Waals surface area contributed by atoms with Crippen molar-refractivity contribution in [3.05, 3.63) is 17.2 Å². The molecule has 1 aromatic heterocycles. The van der Waals surface area contributed by atoms with Crippen LogP contribution < -0.4 is 5.73 Å². The van der Waals surface area contributed by atoms with Crippen molar-refractivity contribution >= 4 is 0 Å². The molecule has 0 unspecified atom stereocenters. The van der Waals surface area contributed by atoms with Crippen molar-refractivity contribution in [3.8, 4) is 0 Å². The fraction of sp³-hybridized carbons (Fsp3) is 0.625. The highest BCUT2D eigenvalue weighted by Crippen LogP contribution is 2.12. The first-order valence-electron chi connectivity index (χ1n) is 4.27. The summed E-state index contributed by atoms with van der Waals surface area (Å²) >= 11 is 0. The van der Waals surface area contributed by atoms with E-state index < -0.39 is 0 Å². The molecule has 0 spiro atoms. The monoisotopic (exact) mass is 185 g/mol. The number of hydrogen-bond donors (Lipinski definition) is 3. The molecule has 0 fully saturated rings. The molecule has 0 bridgehead atoms. The van der Waals surface area contributed by atoms with E-state index in [0.29, 0.717) is 11.4 Å². The molecule has 0 radical (unpaired) electrons. The third-order valence-corrected chi connectivity index (χ3v) is 2.03. The fourth-order valence-electron chi connectivity index (χ4n) is 1.38. The second-order valence-corrected chi connectivity index (χ2v) is 2.70. The van der Waals surface area contributed by atoms with Crippen LogP contribution in [0.5, 0.6) is 0 Å². The number of aromatic nitrogens is 2. The van der Waals surface area contributed by atoms with Gasteiger partial charge in [0.15, 0.2) is 0 Å². The van der Waals surface area contributed by atoms with Gasteiger partial charge in [-0.2, -0.15) is 0 Å². The molecule has 0 aliphatic carbocycles. The summed E-state index contributed by atoms with van der Waals surface area (Å²) in [5, 5.41) is 18.0. The average molecular weight is 185 g/mol. The lowest BCUT2D eigenvalue weighted by atomic mass is 10.3. The Hall–Kier alpha value is -0.910. The molecular weight excluding hydrogens is 170 g/mol. The quantitative estimate of drug-likeness (QED) is 0.581. The van der Waals surface area contributed by atoms with E-state index in [1.54, 1.807) is 4.57 Å². The molecule has 0 aliphatic rings. The van der Waals surface area contributed by atoms with E-state index in [0.717, 1.165) is 12.2 Å². The summed E-state index contributed by atoms with van der Waals surface area (Å²) in [5.74, 6) is 0.801. The van der Waals surface area contributed by atoms with Crippen LogP contribution in [0.4, 0.5) is 0 Å². The average Bonchev–Trinajstić information content (AvgIpc) is 2.54. The van der Waals surface area contributed by atoms with E-state index in [4.69, 9.17) is 15.9 Å². The minimum absolute atomic E-state index is 0.139. The molecule has 74 valence electrons. The molecule has 0 amide bonds. The summed E-state index contributed by atoms with van der Waals surface area (Å²) in [6, 6.07) is 0. The lowest BCUT2D eigenvalue weighted by molar-refractivity contribution is 0.250. The Morgan fingerprint density at radius 3 is 2.46 bits per heavy atom. The van der Waals surface area contributed by atoms with Gasteiger partial charge in [0.2, 0.25) is 0 Å². The molecule has 0 atom stereocenters. The van der Waals surface area contributed by atoms with E-state index in [-0.39, 0.29) is 19.9 Å². The van der Waals surface area contributed by atoms with Gasteiger partial charge in [0.05, 0.1) is 31.3 Å². The number of nitrogens with zero attached hydrogens (tertiary/aromatic N) is 2. The number of imidazole rings is 1. The van der Waals surface area contributed by atoms with E-state index in [2.05, 4.69) is 4.98 Å². The van der Waals surface area contributed by atoms with Gasteiger partial charge in [0.1, 0.15) is 5.82 Å². The van der Waals surface area contributed by atoms with Crippen molar-refractivity contribution in [1.29, 1.82) is 0 Å². The van der Waals surface area contributed by atoms with Crippen LogP contribution in [0.25, 0.3) is 0 Å². The molecule has 13 heavy (non-hydrogen) atoms. The highest BCUT2D eigenvalue weighted by Gasteiger charge is 2.12. The van der Waals surface area contributed by atoms with Gasteiger partial charge < -0.3 is 20.5 Å². The molecule has 0 saturated heterocycles. The summed E-state index contributed by atoms with van der Waals surface area (Å²) in [4.78, 5) is 4.16. The zero-order chi connectivity index (χ0) is 9.84. The summed E-state index contributed by atoms with van der Waals surface area (Å²) in [6.07, 6.45) is 0.740. The Kier molecular flexibility index (Phi) is 3.41. The maximum atomic E-state index is 9.04. The first-order valence-corrected chi connectivity index (χ1v) is 4.27. The molecule has 5 nitrogen and oxygen atoms in total.